The van der Waals surface area contributed by atoms with Gasteiger partial charge in [0.15, 0.2) is 5.82 Å². The van der Waals surface area contributed by atoms with Crippen molar-refractivity contribution in [1.82, 2.24) is 29.7 Å². The van der Waals surface area contributed by atoms with Crippen molar-refractivity contribution in [3.05, 3.63) is 77.6 Å². The van der Waals surface area contributed by atoms with E-state index in [1.807, 2.05) is 31.7 Å². The Labute approximate surface area is 250 Å². The lowest BCUT2D eigenvalue weighted by Crippen LogP contribution is -2.50. The fourth-order valence-corrected chi connectivity index (χ4v) is 5.25. The summed E-state index contributed by atoms with van der Waals surface area (Å²) in [5.74, 6) is -0.993. The van der Waals surface area contributed by atoms with E-state index < -0.39 is 11.4 Å². The summed E-state index contributed by atoms with van der Waals surface area (Å²) in [5.41, 5.74) is 0.978. The predicted octanol–water partition coefficient (Wildman–Crippen LogP) is 4.95. The van der Waals surface area contributed by atoms with Gasteiger partial charge >= 0.3 is 6.09 Å². The predicted molar refractivity (Wildman–Crippen MR) is 157 cm³/mol. The van der Waals surface area contributed by atoms with E-state index in [0.29, 0.717) is 38.0 Å². The third kappa shape index (κ3) is 7.33. The first-order valence-electron chi connectivity index (χ1n) is 14.6. The highest BCUT2D eigenvalue weighted by atomic mass is 19.1. The van der Waals surface area contributed by atoms with Crippen LogP contribution in [-0.4, -0.2) is 85.4 Å². The fourth-order valence-electron chi connectivity index (χ4n) is 5.25. The molecule has 3 amide bonds. The van der Waals surface area contributed by atoms with Crippen molar-refractivity contribution in [3.63, 3.8) is 0 Å². The number of ether oxygens (including phenoxy) is 1. The van der Waals surface area contributed by atoms with Crippen molar-refractivity contribution in [2.24, 2.45) is 0 Å². The van der Waals surface area contributed by atoms with Gasteiger partial charge in [-0.15, -0.1) is 0 Å². The maximum Gasteiger partial charge on any atom is 0.410 e. The van der Waals surface area contributed by atoms with Crippen molar-refractivity contribution < 1.29 is 23.5 Å². The maximum atomic E-state index is 15.1. The first-order valence-corrected chi connectivity index (χ1v) is 14.6. The molecule has 0 N–H and O–H groups in total. The number of piperidine rings is 1. The number of amides is 3. The van der Waals surface area contributed by atoms with Crippen LogP contribution in [0.4, 0.5) is 9.18 Å². The summed E-state index contributed by atoms with van der Waals surface area (Å²) < 4.78 is 20.6. The zero-order chi connectivity index (χ0) is 30.7. The SMILES string of the molecule is CN(Cc1cccnc1)C(=O)c1ccc(-c2ncc(C(=O)N(C3CC3)C3CCN(C(=O)OC(C)(C)C)CC3)cn2)c(F)c1. The summed E-state index contributed by atoms with van der Waals surface area (Å²) in [4.78, 5) is 56.7. The zero-order valence-electron chi connectivity index (χ0n) is 25.0. The highest BCUT2D eigenvalue weighted by Gasteiger charge is 2.40. The van der Waals surface area contributed by atoms with E-state index in [-0.39, 0.29) is 46.9 Å². The molecular weight excluding hydrogens is 551 g/mol. The standard InChI is InChI=1S/C32H37FN6O4/c1-32(2,3)43-31(42)38-14-11-25(12-15-38)39(24-8-9-24)30(41)23-18-35-28(36-19-23)26-10-7-22(16-27(26)33)29(40)37(4)20-21-6-5-13-34-17-21/h5-7,10,13,16-19,24-25H,8-9,11-12,14-15,20H2,1-4H3. The van der Waals surface area contributed by atoms with Crippen LogP contribution in [0.15, 0.2) is 55.1 Å². The van der Waals surface area contributed by atoms with Crippen LogP contribution in [0.1, 0.15) is 72.7 Å². The molecule has 3 aromatic rings. The first-order chi connectivity index (χ1) is 20.5. The molecule has 1 saturated carbocycles. The van der Waals surface area contributed by atoms with Gasteiger partial charge in [0.25, 0.3) is 11.8 Å². The first kappa shape index (κ1) is 30.1. The van der Waals surface area contributed by atoms with E-state index in [0.717, 1.165) is 18.4 Å². The Bertz CT molecular complexity index is 1470. The average molecular weight is 589 g/mol. The van der Waals surface area contributed by atoms with Gasteiger partial charge in [-0.1, -0.05) is 6.07 Å². The molecule has 3 heterocycles. The normalized spacial score (nSPS) is 15.6. The van der Waals surface area contributed by atoms with Crippen molar-refractivity contribution in [2.45, 2.75) is 70.7 Å². The lowest BCUT2D eigenvalue weighted by molar-refractivity contribution is 0.0142. The van der Waals surface area contributed by atoms with Gasteiger partial charge in [-0.05, 0) is 76.3 Å². The summed E-state index contributed by atoms with van der Waals surface area (Å²) in [6.07, 6.45) is 9.05. The van der Waals surface area contributed by atoms with Gasteiger partial charge in [0.05, 0.1) is 11.1 Å². The molecule has 1 aliphatic carbocycles. The highest BCUT2D eigenvalue weighted by molar-refractivity contribution is 5.95. The summed E-state index contributed by atoms with van der Waals surface area (Å²) >= 11 is 0. The fraction of sp³-hybridized carbons (Fsp3) is 0.438. The number of rotatable bonds is 7. The number of carbonyl (C=O) groups is 3. The molecule has 2 fully saturated rings. The van der Waals surface area contributed by atoms with Crippen LogP contribution < -0.4 is 0 Å². The second-order valence-electron chi connectivity index (χ2n) is 12.2. The molecule has 1 saturated heterocycles. The lowest BCUT2D eigenvalue weighted by Gasteiger charge is -2.39. The summed E-state index contributed by atoms with van der Waals surface area (Å²) in [6.45, 7) is 6.90. The largest absolute Gasteiger partial charge is 0.444 e. The molecule has 2 aromatic heterocycles. The van der Waals surface area contributed by atoms with Crippen LogP contribution in [0.2, 0.25) is 0 Å². The van der Waals surface area contributed by atoms with Crippen LogP contribution in [0.25, 0.3) is 11.4 Å². The number of likely N-dealkylation sites (tertiary alicyclic amines) is 1. The van der Waals surface area contributed by atoms with E-state index in [4.69, 9.17) is 4.74 Å². The average Bonchev–Trinajstić information content (AvgIpc) is 3.82. The number of hydrogen-bond acceptors (Lipinski definition) is 7. The van der Waals surface area contributed by atoms with E-state index >= 15 is 4.39 Å². The Hall–Kier alpha value is -4.41. The minimum absolute atomic E-state index is 0.00262. The monoisotopic (exact) mass is 588 g/mol. The molecule has 2 aliphatic rings. The van der Waals surface area contributed by atoms with Gasteiger partial charge in [0, 0.05) is 69.1 Å². The van der Waals surface area contributed by atoms with Crippen LogP contribution in [-0.2, 0) is 11.3 Å². The molecule has 1 aromatic carbocycles. The number of benzene rings is 1. The Kier molecular flexibility index (Phi) is 8.70. The Morgan fingerprint density at radius 1 is 0.953 bits per heavy atom. The van der Waals surface area contributed by atoms with Crippen LogP contribution in [0, 0.1) is 5.82 Å². The van der Waals surface area contributed by atoms with Gasteiger partial charge in [-0.2, -0.15) is 0 Å². The van der Waals surface area contributed by atoms with Crippen molar-refractivity contribution >= 4 is 17.9 Å². The molecule has 1 aliphatic heterocycles. The number of nitrogens with zero attached hydrogens (tertiary/aromatic N) is 6. The van der Waals surface area contributed by atoms with Crippen molar-refractivity contribution in [1.29, 1.82) is 0 Å². The van der Waals surface area contributed by atoms with E-state index in [9.17, 15) is 14.4 Å². The molecule has 0 atom stereocenters. The molecule has 43 heavy (non-hydrogen) atoms. The molecule has 5 rings (SSSR count). The van der Waals surface area contributed by atoms with Gasteiger partial charge < -0.3 is 19.4 Å². The number of aromatic nitrogens is 3. The molecule has 0 radical (unpaired) electrons. The van der Waals surface area contributed by atoms with Gasteiger partial charge in [0.2, 0.25) is 0 Å². The molecule has 226 valence electrons. The smallest absolute Gasteiger partial charge is 0.410 e. The molecule has 10 nitrogen and oxygen atoms in total. The zero-order valence-corrected chi connectivity index (χ0v) is 25.0. The third-order valence-electron chi connectivity index (χ3n) is 7.53. The van der Waals surface area contributed by atoms with Gasteiger partial charge in [-0.3, -0.25) is 14.6 Å². The topological polar surface area (TPSA) is 109 Å². The van der Waals surface area contributed by atoms with Gasteiger partial charge in [0.1, 0.15) is 11.4 Å². The summed E-state index contributed by atoms with van der Waals surface area (Å²) in [6, 6.07) is 8.01. The maximum absolute atomic E-state index is 15.1. The Morgan fingerprint density at radius 2 is 1.63 bits per heavy atom. The molecule has 0 bridgehead atoms. The summed E-state index contributed by atoms with van der Waals surface area (Å²) in [5, 5.41) is 0. The van der Waals surface area contributed by atoms with E-state index in [1.54, 1.807) is 36.5 Å². The minimum atomic E-state index is -0.629. The molecule has 0 spiro atoms. The van der Waals surface area contributed by atoms with E-state index in [2.05, 4.69) is 15.0 Å². The summed E-state index contributed by atoms with van der Waals surface area (Å²) in [7, 11) is 1.65. The second kappa shape index (κ2) is 12.4. The van der Waals surface area contributed by atoms with E-state index in [1.165, 1.54) is 29.4 Å². The Balaban J connectivity index is 1.23. The highest BCUT2D eigenvalue weighted by Crippen LogP contribution is 2.33. The number of carbonyl (C=O) groups excluding carboxylic acids is 3. The molecule has 11 heteroatoms. The number of hydrogen-bond donors (Lipinski definition) is 0. The quantitative estimate of drug-likeness (QED) is 0.384. The van der Waals surface area contributed by atoms with Crippen molar-refractivity contribution in [3.8, 4) is 11.4 Å². The van der Waals surface area contributed by atoms with Crippen LogP contribution in [0.3, 0.4) is 0 Å². The second-order valence-corrected chi connectivity index (χ2v) is 12.2. The lowest BCUT2D eigenvalue weighted by atomic mass is 10.0. The van der Waals surface area contributed by atoms with Gasteiger partial charge in [-0.25, -0.2) is 19.2 Å². The number of pyridine rings is 1. The Morgan fingerprint density at radius 3 is 2.21 bits per heavy atom. The minimum Gasteiger partial charge on any atom is -0.444 e. The van der Waals surface area contributed by atoms with Crippen LogP contribution >= 0.6 is 0 Å². The van der Waals surface area contributed by atoms with Crippen molar-refractivity contribution in [2.75, 3.05) is 20.1 Å². The molecular formula is C32H37FN6O4. The number of halogens is 1. The van der Waals surface area contributed by atoms with Crippen LogP contribution in [0.5, 0.6) is 0 Å². The third-order valence-corrected chi connectivity index (χ3v) is 7.53. The molecule has 0 unspecified atom stereocenters.